The number of unbranched alkanes of at least 4 members (excludes halogenated alkanes) is 12. The van der Waals surface area contributed by atoms with Crippen LogP contribution in [0.25, 0.3) is 0 Å². The van der Waals surface area contributed by atoms with Gasteiger partial charge in [0.2, 0.25) is 0 Å². The summed E-state index contributed by atoms with van der Waals surface area (Å²) >= 11 is 0. The van der Waals surface area contributed by atoms with Crippen LogP contribution in [0.5, 0.6) is 0 Å². The van der Waals surface area contributed by atoms with Crippen LogP contribution in [0.1, 0.15) is 136 Å². The van der Waals surface area contributed by atoms with E-state index in [1.165, 1.54) is 32.1 Å². The molecule has 0 aromatic carbocycles. The third-order valence-electron chi connectivity index (χ3n) is 5.74. The van der Waals surface area contributed by atoms with E-state index < -0.39 is 15.4 Å². The van der Waals surface area contributed by atoms with Gasteiger partial charge >= 0.3 is 29.6 Å². The van der Waals surface area contributed by atoms with Crippen molar-refractivity contribution in [2.45, 2.75) is 147 Å². The van der Waals surface area contributed by atoms with Crippen molar-refractivity contribution < 1.29 is 47.6 Å². The van der Waals surface area contributed by atoms with E-state index in [0.717, 1.165) is 77.0 Å². The summed E-state index contributed by atoms with van der Waals surface area (Å²) in [6.45, 7) is 4.31. The van der Waals surface area contributed by atoms with Crippen molar-refractivity contribution in [2.24, 2.45) is 0 Å². The molecule has 2 unspecified atom stereocenters. The van der Waals surface area contributed by atoms with Gasteiger partial charge in [0, 0.05) is 5.25 Å². The van der Waals surface area contributed by atoms with Crippen LogP contribution >= 0.6 is 0 Å². The minimum Gasteiger partial charge on any atom is -0.748 e. The van der Waals surface area contributed by atoms with E-state index in [4.69, 9.17) is 0 Å². The molecule has 0 fully saturated rings. The summed E-state index contributed by atoms with van der Waals surface area (Å²) in [5.74, 6) is 0. The van der Waals surface area contributed by atoms with Gasteiger partial charge in [-0.1, -0.05) is 110 Å². The monoisotopic (exact) mass is 442 g/mol. The third kappa shape index (κ3) is 21.9. The Morgan fingerprint density at radius 2 is 0.931 bits per heavy atom. The summed E-state index contributed by atoms with van der Waals surface area (Å²) in [7, 11) is -4.15. The molecule has 0 spiro atoms. The largest absolute Gasteiger partial charge is 1.00 e. The van der Waals surface area contributed by atoms with Crippen LogP contribution in [0.15, 0.2) is 0 Å². The molecule has 0 aliphatic heterocycles. The number of aliphatic hydroxyl groups is 1. The molecule has 6 heteroatoms. The van der Waals surface area contributed by atoms with Crippen molar-refractivity contribution in [3.8, 4) is 0 Å². The van der Waals surface area contributed by atoms with Gasteiger partial charge in [0.15, 0.2) is 0 Å². The molecule has 0 radical (unpaired) electrons. The molecule has 0 rings (SSSR count). The Morgan fingerprint density at radius 3 is 1.34 bits per heavy atom. The second-order valence-corrected chi connectivity index (χ2v) is 10.2. The molecule has 4 nitrogen and oxygen atoms in total. The predicted octanol–water partition coefficient (Wildman–Crippen LogP) is 3.72. The van der Waals surface area contributed by atoms with E-state index >= 15 is 0 Å². The first-order chi connectivity index (χ1) is 13.4. The Labute approximate surface area is 204 Å². The van der Waals surface area contributed by atoms with Crippen LogP contribution in [0.2, 0.25) is 0 Å². The molecule has 170 valence electrons. The molecule has 0 saturated carbocycles. The number of hydrogen-bond acceptors (Lipinski definition) is 4. The van der Waals surface area contributed by atoms with Crippen LogP contribution in [-0.4, -0.2) is 29.4 Å². The number of hydrogen-bond donors (Lipinski definition) is 1. The summed E-state index contributed by atoms with van der Waals surface area (Å²) in [5.41, 5.74) is 0. The second kappa shape index (κ2) is 22.1. The first-order valence-electron chi connectivity index (χ1n) is 12.0. The fourth-order valence-corrected chi connectivity index (χ4v) is 4.73. The molecule has 0 aromatic heterocycles. The quantitative estimate of drug-likeness (QED) is 0.167. The summed E-state index contributed by atoms with van der Waals surface area (Å²) in [4.78, 5) is 0. The van der Waals surface area contributed by atoms with Crippen LogP contribution in [0, 0.1) is 0 Å². The minimum atomic E-state index is -4.15. The molecule has 0 aliphatic carbocycles. The molecule has 0 amide bonds. The Bertz CT molecular complexity index is 429. The zero-order valence-corrected chi connectivity index (χ0v) is 22.5. The van der Waals surface area contributed by atoms with Gasteiger partial charge in [-0.3, -0.25) is 0 Å². The second-order valence-electron chi connectivity index (χ2n) is 8.52. The summed E-state index contributed by atoms with van der Waals surface area (Å²) < 4.78 is 34.1. The van der Waals surface area contributed by atoms with Crippen molar-refractivity contribution in [1.82, 2.24) is 0 Å². The van der Waals surface area contributed by atoms with Gasteiger partial charge in [-0.15, -0.1) is 0 Å². The third-order valence-corrected chi connectivity index (χ3v) is 7.03. The molecule has 0 aromatic rings. The minimum absolute atomic E-state index is 0. The van der Waals surface area contributed by atoms with Crippen molar-refractivity contribution >= 4 is 10.1 Å². The van der Waals surface area contributed by atoms with Crippen LogP contribution in [-0.2, 0) is 10.1 Å². The normalized spacial score (nSPS) is 13.8. The van der Waals surface area contributed by atoms with Crippen molar-refractivity contribution in [3.63, 3.8) is 0 Å². The summed E-state index contributed by atoms with van der Waals surface area (Å²) in [6.07, 6.45) is 19.5. The molecule has 1 N–H and O–H groups in total. The standard InChI is InChI=1S/C23H48O4S.Na/c1-3-5-7-8-11-15-18-22(24)19-16-12-9-10-13-17-21-23(28(25,26)27)20-14-6-4-2;/h22-24H,3-21H2,1-2H3,(H,25,26,27);/q;+1/p-1. The SMILES string of the molecule is CCCCCCCCC(O)CCCCCCCCC(CCCCC)S(=O)(=O)[O-].[Na+]. The molecule has 0 aliphatic rings. The van der Waals surface area contributed by atoms with Gasteiger partial charge in [-0.05, 0) is 25.7 Å². The average molecular weight is 443 g/mol. The fourth-order valence-electron chi connectivity index (χ4n) is 3.82. The van der Waals surface area contributed by atoms with E-state index in [1.807, 2.05) is 0 Å². The van der Waals surface area contributed by atoms with Gasteiger partial charge in [0.25, 0.3) is 0 Å². The van der Waals surface area contributed by atoms with Crippen LogP contribution < -0.4 is 29.6 Å². The van der Waals surface area contributed by atoms with Crippen molar-refractivity contribution in [1.29, 1.82) is 0 Å². The first kappa shape index (κ1) is 32.1. The maximum Gasteiger partial charge on any atom is 1.00 e. The van der Waals surface area contributed by atoms with Crippen LogP contribution in [0.4, 0.5) is 0 Å². The van der Waals surface area contributed by atoms with Gasteiger partial charge in [-0.2, -0.15) is 0 Å². The van der Waals surface area contributed by atoms with Gasteiger partial charge in [-0.25, -0.2) is 8.42 Å². The predicted molar refractivity (Wildman–Crippen MR) is 119 cm³/mol. The molecule has 29 heavy (non-hydrogen) atoms. The molecule has 2 atom stereocenters. The molecule has 0 bridgehead atoms. The Hall–Kier alpha value is 0.870. The Kier molecular flexibility index (Phi) is 24.4. The van der Waals surface area contributed by atoms with Crippen LogP contribution in [0.3, 0.4) is 0 Å². The number of rotatable bonds is 21. The Morgan fingerprint density at radius 1 is 0.621 bits per heavy atom. The molecule has 0 heterocycles. The van der Waals surface area contributed by atoms with E-state index in [-0.39, 0.29) is 35.7 Å². The Balaban J connectivity index is 0. The van der Waals surface area contributed by atoms with Gasteiger partial charge in [0.05, 0.1) is 16.2 Å². The average Bonchev–Trinajstić information content (AvgIpc) is 2.64. The van der Waals surface area contributed by atoms with E-state index in [1.54, 1.807) is 0 Å². The topological polar surface area (TPSA) is 77.4 Å². The van der Waals surface area contributed by atoms with E-state index in [2.05, 4.69) is 13.8 Å². The van der Waals surface area contributed by atoms with Gasteiger partial charge < -0.3 is 9.66 Å². The van der Waals surface area contributed by atoms with Gasteiger partial charge in [0.1, 0.15) is 0 Å². The smallest absolute Gasteiger partial charge is 0.748 e. The van der Waals surface area contributed by atoms with Crippen molar-refractivity contribution in [2.75, 3.05) is 0 Å². The first-order valence-corrected chi connectivity index (χ1v) is 13.5. The number of aliphatic hydroxyl groups excluding tert-OH is 1. The fraction of sp³-hybridized carbons (Fsp3) is 1.00. The zero-order valence-electron chi connectivity index (χ0n) is 19.7. The summed E-state index contributed by atoms with van der Waals surface area (Å²) in [6, 6.07) is 0. The van der Waals surface area contributed by atoms with Crippen molar-refractivity contribution in [3.05, 3.63) is 0 Å². The molecule has 0 saturated heterocycles. The van der Waals surface area contributed by atoms with E-state index in [0.29, 0.717) is 12.8 Å². The molecular formula is C23H47NaO4S. The maximum atomic E-state index is 11.4. The van der Waals surface area contributed by atoms with E-state index in [9.17, 15) is 18.1 Å². The summed E-state index contributed by atoms with van der Waals surface area (Å²) in [5, 5.41) is 9.35. The zero-order chi connectivity index (χ0) is 21.1. The maximum absolute atomic E-state index is 11.4. The molecular weight excluding hydrogens is 395 g/mol.